The van der Waals surface area contributed by atoms with Gasteiger partial charge in [0.05, 0.1) is 5.56 Å². The molecule has 0 saturated heterocycles. The second kappa shape index (κ2) is 5.33. The van der Waals surface area contributed by atoms with Crippen molar-refractivity contribution in [2.24, 2.45) is 0 Å². The van der Waals surface area contributed by atoms with Gasteiger partial charge in [-0.15, -0.1) is 0 Å². The topological polar surface area (TPSA) is 54.0 Å². The van der Waals surface area contributed by atoms with E-state index in [1.165, 1.54) is 11.1 Å². The standard InChI is InChI=1S/C16H17N3O/c1-17-15-14(7-4-8-18-15)16(20)19-10-12-9-11-5-2-3-6-13(11)12/h2-8,12H,9-10H2,1H3,(H,17,18)(H,19,20). The van der Waals surface area contributed by atoms with Gasteiger partial charge in [0.2, 0.25) is 0 Å². The maximum atomic E-state index is 12.2. The summed E-state index contributed by atoms with van der Waals surface area (Å²) in [5, 5.41) is 5.93. The van der Waals surface area contributed by atoms with Crippen molar-refractivity contribution in [3.8, 4) is 0 Å². The van der Waals surface area contributed by atoms with E-state index in [9.17, 15) is 4.79 Å². The molecular weight excluding hydrogens is 250 g/mol. The summed E-state index contributed by atoms with van der Waals surface area (Å²) in [5.74, 6) is 0.968. The van der Waals surface area contributed by atoms with Crippen LogP contribution in [0.4, 0.5) is 5.82 Å². The largest absolute Gasteiger partial charge is 0.372 e. The quantitative estimate of drug-likeness (QED) is 0.893. The predicted molar refractivity (Wildman–Crippen MR) is 79.0 cm³/mol. The number of fused-ring (bicyclic) bond motifs is 1. The summed E-state index contributed by atoms with van der Waals surface area (Å²) in [7, 11) is 1.77. The molecule has 0 aliphatic heterocycles. The summed E-state index contributed by atoms with van der Waals surface area (Å²) in [5.41, 5.74) is 3.33. The lowest BCUT2D eigenvalue weighted by Gasteiger charge is -2.30. The first-order valence-electron chi connectivity index (χ1n) is 6.78. The van der Waals surface area contributed by atoms with Crippen LogP contribution >= 0.6 is 0 Å². The van der Waals surface area contributed by atoms with Crippen molar-refractivity contribution in [2.75, 3.05) is 18.9 Å². The van der Waals surface area contributed by atoms with Crippen molar-refractivity contribution in [2.45, 2.75) is 12.3 Å². The first kappa shape index (κ1) is 12.7. The molecule has 2 aromatic rings. The lowest BCUT2D eigenvalue weighted by molar-refractivity contribution is 0.0950. The van der Waals surface area contributed by atoms with Gasteiger partial charge in [0.1, 0.15) is 5.82 Å². The van der Waals surface area contributed by atoms with Gasteiger partial charge < -0.3 is 10.6 Å². The molecule has 0 spiro atoms. The average molecular weight is 267 g/mol. The van der Waals surface area contributed by atoms with E-state index in [2.05, 4.69) is 33.8 Å². The monoisotopic (exact) mass is 267 g/mol. The number of anilines is 1. The molecule has 0 radical (unpaired) electrons. The van der Waals surface area contributed by atoms with Crippen LogP contribution in [0, 0.1) is 0 Å². The number of rotatable bonds is 4. The van der Waals surface area contributed by atoms with Crippen LogP contribution in [0.2, 0.25) is 0 Å². The molecule has 1 heterocycles. The highest BCUT2D eigenvalue weighted by molar-refractivity contribution is 5.98. The van der Waals surface area contributed by atoms with Crippen molar-refractivity contribution < 1.29 is 4.79 Å². The van der Waals surface area contributed by atoms with Crippen LogP contribution in [-0.2, 0) is 6.42 Å². The molecule has 1 unspecified atom stereocenters. The Kier molecular flexibility index (Phi) is 3.37. The van der Waals surface area contributed by atoms with Crippen molar-refractivity contribution in [1.82, 2.24) is 10.3 Å². The highest BCUT2D eigenvalue weighted by Crippen LogP contribution is 2.34. The molecule has 1 aliphatic rings. The maximum absolute atomic E-state index is 12.2. The minimum atomic E-state index is -0.0770. The Labute approximate surface area is 118 Å². The van der Waals surface area contributed by atoms with Gasteiger partial charge in [-0.25, -0.2) is 4.98 Å². The molecule has 4 heteroatoms. The zero-order valence-corrected chi connectivity index (χ0v) is 11.4. The van der Waals surface area contributed by atoms with Crippen molar-refractivity contribution in [3.63, 3.8) is 0 Å². The van der Waals surface area contributed by atoms with Crippen LogP contribution in [0.25, 0.3) is 0 Å². The average Bonchev–Trinajstić information content (AvgIpc) is 2.48. The second-order valence-corrected chi connectivity index (χ2v) is 4.96. The van der Waals surface area contributed by atoms with Gasteiger partial charge in [-0.2, -0.15) is 0 Å². The smallest absolute Gasteiger partial charge is 0.255 e. The fourth-order valence-electron chi connectivity index (χ4n) is 2.64. The number of benzene rings is 1. The lowest BCUT2D eigenvalue weighted by Crippen LogP contribution is -2.33. The first-order chi connectivity index (χ1) is 9.79. The normalized spacial score (nSPS) is 15.9. The molecule has 2 N–H and O–H groups in total. The lowest BCUT2D eigenvalue weighted by atomic mass is 9.77. The van der Waals surface area contributed by atoms with Gasteiger partial charge in [-0.1, -0.05) is 24.3 Å². The van der Waals surface area contributed by atoms with E-state index in [0.717, 1.165) is 6.42 Å². The van der Waals surface area contributed by atoms with Gasteiger partial charge in [0.15, 0.2) is 0 Å². The minimum Gasteiger partial charge on any atom is -0.372 e. The molecule has 0 fully saturated rings. The van der Waals surface area contributed by atoms with Crippen LogP contribution in [0.15, 0.2) is 42.6 Å². The van der Waals surface area contributed by atoms with Crippen LogP contribution in [0.3, 0.4) is 0 Å². The Bertz CT molecular complexity index is 639. The van der Waals surface area contributed by atoms with Crippen molar-refractivity contribution in [3.05, 3.63) is 59.3 Å². The number of nitrogens with zero attached hydrogens (tertiary/aromatic N) is 1. The van der Waals surface area contributed by atoms with E-state index < -0.39 is 0 Å². The summed E-state index contributed by atoms with van der Waals surface area (Å²) in [6.07, 6.45) is 2.72. The summed E-state index contributed by atoms with van der Waals surface area (Å²) in [6, 6.07) is 11.9. The molecule has 20 heavy (non-hydrogen) atoms. The molecule has 1 aliphatic carbocycles. The van der Waals surface area contributed by atoms with Crippen LogP contribution in [0.5, 0.6) is 0 Å². The number of hydrogen-bond acceptors (Lipinski definition) is 3. The molecule has 102 valence electrons. The third-order valence-corrected chi connectivity index (χ3v) is 3.76. The predicted octanol–water partition coefficient (Wildman–Crippen LogP) is 2.19. The summed E-state index contributed by atoms with van der Waals surface area (Å²) >= 11 is 0. The van der Waals surface area contributed by atoms with Crippen molar-refractivity contribution in [1.29, 1.82) is 0 Å². The highest BCUT2D eigenvalue weighted by Gasteiger charge is 2.25. The molecular formula is C16H17N3O. The Balaban J connectivity index is 1.64. The number of pyridine rings is 1. The second-order valence-electron chi connectivity index (χ2n) is 4.96. The molecule has 1 atom stereocenters. The summed E-state index contributed by atoms with van der Waals surface area (Å²) in [4.78, 5) is 16.3. The Morgan fingerprint density at radius 1 is 1.30 bits per heavy atom. The number of carbonyl (C=O) groups is 1. The van der Waals surface area contributed by atoms with E-state index in [1.807, 2.05) is 6.07 Å². The molecule has 1 aromatic heterocycles. The fraction of sp³-hybridized carbons (Fsp3) is 0.250. The molecule has 0 saturated carbocycles. The van der Waals surface area contributed by atoms with E-state index in [4.69, 9.17) is 0 Å². The Hall–Kier alpha value is -2.36. The number of carbonyl (C=O) groups excluding carboxylic acids is 1. The summed E-state index contributed by atoms with van der Waals surface area (Å²) in [6.45, 7) is 0.674. The van der Waals surface area contributed by atoms with Gasteiger partial charge in [-0.05, 0) is 29.7 Å². The number of aromatic nitrogens is 1. The Morgan fingerprint density at radius 3 is 2.95 bits per heavy atom. The van der Waals surface area contributed by atoms with Gasteiger partial charge in [-0.3, -0.25) is 4.79 Å². The van der Waals surface area contributed by atoms with Crippen LogP contribution < -0.4 is 10.6 Å². The SMILES string of the molecule is CNc1ncccc1C(=O)NCC1Cc2ccccc21. The first-order valence-corrected chi connectivity index (χ1v) is 6.78. The van der Waals surface area contributed by atoms with Crippen molar-refractivity contribution >= 4 is 11.7 Å². The molecule has 1 amide bonds. The van der Waals surface area contributed by atoms with E-state index in [1.54, 1.807) is 25.4 Å². The van der Waals surface area contributed by atoms with Gasteiger partial charge in [0.25, 0.3) is 5.91 Å². The molecule has 1 aromatic carbocycles. The van der Waals surface area contributed by atoms with Gasteiger partial charge in [0, 0.05) is 25.7 Å². The zero-order chi connectivity index (χ0) is 13.9. The highest BCUT2D eigenvalue weighted by atomic mass is 16.1. The van der Waals surface area contributed by atoms with Crippen LogP contribution in [-0.4, -0.2) is 24.5 Å². The molecule has 3 rings (SSSR count). The third-order valence-electron chi connectivity index (χ3n) is 3.76. The van der Waals surface area contributed by atoms with Gasteiger partial charge >= 0.3 is 0 Å². The number of amides is 1. The Morgan fingerprint density at radius 2 is 2.15 bits per heavy atom. The zero-order valence-electron chi connectivity index (χ0n) is 11.4. The minimum absolute atomic E-state index is 0.0770. The molecule has 0 bridgehead atoms. The fourth-order valence-corrected chi connectivity index (χ4v) is 2.64. The number of nitrogens with one attached hydrogen (secondary N) is 2. The van der Waals surface area contributed by atoms with E-state index in [-0.39, 0.29) is 5.91 Å². The third kappa shape index (κ3) is 2.25. The maximum Gasteiger partial charge on any atom is 0.255 e. The van der Waals surface area contributed by atoms with E-state index in [0.29, 0.717) is 23.8 Å². The summed E-state index contributed by atoms with van der Waals surface area (Å²) < 4.78 is 0. The van der Waals surface area contributed by atoms with Crippen LogP contribution in [0.1, 0.15) is 27.4 Å². The molecule has 4 nitrogen and oxygen atoms in total. The number of hydrogen-bond donors (Lipinski definition) is 2. The van der Waals surface area contributed by atoms with E-state index >= 15 is 0 Å².